The first-order chi connectivity index (χ1) is 11.4. The fourth-order valence-corrected chi connectivity index (χ4v) is 5.94. The van der Waals surface area contributed by atoms with Gasteiger partial charge in [0.1, 0.15) is 16.3 Å². The molecule has 0 saturated carbocycles. The number of hydrogen-bond acceptors (Lipinski definition) is 4. The van der Waals surface area contributed by atoms with E-state index in [1.54, 1.807) is 30.3 Å². The van der Waals surface area contributed by atoms with Gasteiger partial charge in [-0.15, -0.1) is 0 Å². The van der Waals surface area contributed by atoms with Gasteiger partial charge >= 0.3 is 0 Å². The third kappa shape index (κ3) is 2.57. The van der Waals surface area contributed by atoms with E-state index in [0.717, 1.165) is 9.21 Å². The zero-order valence-electron chi connectivity index (χ0n) is 13.3. The lowest BCUT2D eigenvalue weighted by Gasteiger charge is -2.50. The van der Waals surface area contributed by atoms with Crippen LogP contribution in [-0.4, -0.2) is 49.0 Å². The monoisotopic (exact) mass is 512 g/mol. The van der Waals surface area contributed by atoms with Crippen LogP contribution in [0.3, 0.4) is 0 Å². The molecule has 1 aromatic rings. The fraction of sp³-hybridized carbons (Fsp3) is 0.467. The second-order valence-corrected chi connectivity index (χ2v) is 12.9. The first kappa shape index (κ1) is 19.1. The Bertz CT molecular complexity index is 844. The lowest BCUT2D eigenvalue weighted by molar-refractivity contribution is -0.152. The molecule has 25 heavy (non-hydrogen) atoms. The van der Waals surface area contributed by atoms with Crippen molar-refractivity contribution in [3.63, 3.8) is 0 Å². The first-order valence-electron chi connectivity index (χ1n) is 7.38. The van der Waals surface area contributed by atoms with Crippen LogP contribution in [0.2, 0.25) is 0 Å². The van der Waals surface area contributed by atoms with E-state index in [9.17, 15) is 18.0 Å². The van der Waals surface area contributed by atoms with Crippen LogP contribution >= 0.6 is 43.5 Å². The van der Waals surface area contributed by atoms with Gasteiger partial charge in [0, 0.05) is 0 Å². The third-order valence-electron chi connectivity index (χ3n) is 4.60. The number of halogens is 3. The maximum absolute atomic E-state index is 13.0. The number of carbonyl (C=O) groups is 2. The smallest absolute Gasteiger partial charge is 0.260 e. The highest BCUT2D eigenvalue weighted by Gasteiger charge is 2.69. The SMILES string of the molecule is CC1(C)[C@@H](N2C(=O)C(Br)(Br)[C@H]2Cl)C(=O)N(Cc2ccccc2)S1(=O)=O. The maximum Gasteiger partial charge on any atom is 0.260 e. The molecule has 0 spiro atoms. The normalized spacial score (nSPS) is 29.6. The Morgan fingerprint density at radius 3 is 2.24 bits per heavy atom. The summed E-state index contributed by atoms with van der Waals surface area (Å²) < 4.78 is 24.1. The highest BCUT2D eigenvalue weighted by Crippen LogP contribution is 2.51. The van der Waals surface area contributed by atoms with Gasteiger partial charge in [-0.3, -0.25) is 9.59 Å². The predicted octanol–water partition coefficient (Wildman–Crippen LogP) is 2.40. The molecule has 2 heterocycles. The molecule has 3 rings (SSSR count). The third-order valence-corrected chi connectivity index (χ3v) is 9.66. The van der Waals surface area contributed by atoms with E-state index >= 15 is 0 Å². The summed E-state index contributed by atoms with van der Waals surface area (Å²) in [6.45, 7) is 2.80. The number of alkyl halides is 3. The Kier molecular flexibility index (Phi) is 4.54. The number of carbonyl (C=O) groups excluding carboxylic acids is 2. The minimum Gasteiger partial charge on any atom is -0.308 e. The van der Waals surface area contributed by atoms with Crippen LogP contribution in [0.25, 0.3) is 0 Å². The predicted molar refractivity (Wildman–Crippen MR) is 101 cm³/mol. The van der Waals surface area contributed by atoms with E-state index in [1.807, 2.05) is 0 Å². The fourth-order valence-electron chi connectivity index (χ4n) is 3.08. The Morgan fingerprint density at radius 1 is 1.16 bits per heavy atom. The van der Waals surface area contributed by atoms with Gasteiger partial charge in [-0.25, -0.2) is 12.7 Å². The molecule has 0 unspecified atom stereocenters. The Morgan fingerprint density at radius 2 is 1.72 bits per heavy atom. The van der Waals surface area contributed by atoms with Gasteiger partial charge in [0.15, 0.2) is 3.23 Å². The molecule has 0 aromatic heterocycles. The standard InChI is InChI=1S/C15H15Br2ClN2O4S/c1-14(2)10(20-12(18)15(16,17)13(20)22)11(21)19(25(14,23)24)8-9-6-4-3-5-7-9/h3-7,10,12H,8H2,1-2H3/t10-,12-/m0/s1. The molecule has 0 bridgehead atoms. The summed E-state index contributed by atoms with van der Waals surface area (Å²) in [5.74, 6) is -1.13. The van der Waals surface area contributed by atoms with Crippen LogP contribution in [0.5, 0.6) is 0 Å². The highest BCUT2D eigenvalue weighted by atomic mass is 79.9. The molecule has 2 amide bonds. The second-order valence-electron chi connectivity index (χ2n) is 6.51. The number of nitrogens with zero attached hydrogens (tertiary/aromatic N) is 2. The summed E-state index contributed by atoms with van der Waals surface area (Å²) in [5, 5.41) is 0. The van der Waals surface area contributed by atoms with Crippen molar-refractivity contribution in [1.82, 2.24) is 9.21 Å². The van der Waals surface area contributed by atoms with Gasteiger partial charge in [-0.1, -0.05) is 73.8 Å². The van der Waals surface area contributed by atoms with Crippen molar-refractivity contribution in [2.75, 3.05) is 0 Å². The van der Waals surface area contributed by atoms with Gasteiger partial charge in [0.25, 0.3) is 11.8 Å². The second kappa shape index (κ2) is 5.94. The molecule has 10 heteroatoms. The van der Waals surface area contributed by atoms with Gasteiger partial charge in [-0.2, -0.15) is 0 Å². The van der Waals surface area contributed by atoms with E-state index < -0.39 is 41.4 Å². The van der Waals surface area contributed by atoms with E-state index in [-0.39, 0.29) is 6.54 Å². The number of rotatable bonds is 3. The summed E-state index contributed by atoms with van der Waals surface area (Å²) in [6.07, 6.45) is 0. The molecule has 2 atom stereocenters. The maximum atomic E-state index is 13.0. The summed E-state index contributed by atoms with van der Waals surface area (Å²) in [5.41, 5.74) is -0.205. The largest absolute Gasteiger partial charge is 0.308 e. The van der Waals surface area contributed by atoms with E-state index in [4.69, 9.17) is 11.6 Å². The number of likely N-dealkylation sites (tertiary alicyclic amines) is 1. The van der Waals surface area contributed by atoms with Crippen molar-refractivity contribution in [3.05, 3.63) is 35.9 Å². The summed E-state index contributed by atoms with van der Waals surface area (Å²) in [4.78, 5) is 26.4. The molecule has 2 aliphatic rings. The van der Waals surface area contributed by atoms with Crippen molar-refractivity contribution < 1.29 is 18.0 Å². The molecule has 1 aromatic carbocycles. The molecule has 6 nitrogen and oxygen atoms in total. The van der Waals surface area contributed by atoms with Crippen LogP contribution in [-0.2, 0) is 26.2 Å². The Labute approximate surface area is 167 Å². The first-order valence-corrected chi connectivity index (χ1v) is 10.8. The van der Waals surface area contributed by atoms with Crippen LogP contribution in [0.1, 0.15) is 19.4 Å². The van der Waals surface area contributed by atoms with Crippen molar-refractivity contribution in [2.45, 2.75) is 39.9 Å². The van der Waals surface area contributed by atoms with E-state index in [0.29, 0.717) is 5.56 Å². The zero-order valence-corrected chi connectivity index (χ0v) is 18.1. The number of sulfonamides is 1. The lowest BCUT2D eigenvalue weighted by Crippen LogP contribution is -2.72. The van der Waals surface area contributed by atoms with Crippen molar-refractivity contribution in [1.29, 1.82) is 0 Å². The molecule has 0 aliphatic carbocycles. The number of amides is 2. The van der Waals surface area contributed by atoms with Gasteiger partial charge in [-0.05, 0) is 19.4 Å². The van der Waals surface area contributed by atoms with E-state index in [2.05, 4.69) is 31.9 Å². The Balaban J connectivity index is 1.99. The average Bonchev–Trinajstić information content (AvgIpc) is 2.67. The van der Waals surface area contributed by atoms with Crippen LogP contribution in [0, 0.1) is 0 Å². The number of benzene rings is 1. The van der Waals surface area contributed by atoms with E-state index in [1.165, 1.54) is 13.8 Å². The van der Waals surface area contributed by atoms with Gasteiger partial charge in [0.2, 0.25) is 10.0 Å². The summed E-state index contributed by atoms with van der Waals surface area (Å²) in [7, 11) is -3.97. The molecule has 0 radical (unpaired) electrons. The number of hydrogen-bond donors (Lipinski definition) is 0. The van der Waals surface area contributed by atoms with Crippen LogP contribution in [0.4, 0.5) is 0 Å². The van der Waals surface area contributed by atoms with Gasteiger partial charge < -0.3 is 4.90 Å². The minimum absolute atomic E-state index is 0.0787. The van der Waals surface area contributed by atoms with Crippen LogP contribution < -0.4 is 0 Å². The van der Waals surface area contributed by atoms with Gasteiger partial charge in [0.05, 0.1) is 6.54 Å². The molecule has 2 aliphatic heterocycles. The molecule has 136 valence electrons. The quantitative estimate of drug-likeness (QED) is 0.353. The minimum atomic E-state index is -3.97. The molecule has 2 saturated heterocycles. The summed E-state index contributed by atoms with van der Waals surface area (Å²) >= 11 is 12.5. The molecule has 0 N–H and O–H groups in total. The summed E-state index contributed by atoms with van der Waals surface area (Å²) in [6, 6.07) is 7.64. The number of β-lactam (4-membered cyclic amide) rings is 1. The molecule has 2 fully saturated rings. The molecular formula is C15H15Br2ClN2O4S. The highest BCUT2D eigenvalue weighted by molar-refractivity contribution is 9.26. The van der Waals surface area contributed by atoms with Crippen molar-refractivity contribution >= 4 is 65.3 Å². The lowest BCUT2D eigenvalue weighted by atomic mass is 9.96. The van der Waals surface area contributed by atoms with Crippen LogP contribution in [0.15, 0.2) is 30.3 Å². The van der Waals surface area contributed by atoms with Crippen molar-refractivity contribution in [3.8, 4) is 0 Å². The topological polar surface area (TPSA) is 74.8 Å². The Hall–Kier alpha value is -0.640. The molecular weight excluding hydrogens is 500 g/mol. The zero-order chi connectivity index (χ0) is 18.8. The average molecular weight is 515 g/mol. The van der Waals surface area contributed by atoms with Crippen molar-refractivity contribution in [2.24, 2.45) is 0 Å².